The summed E-state index contributed by atoms with van der Waals surface area (Å²) in [4.78, 5) is 2.23. The van der Waals surface area contributed by atoms with Crippen molar-refractivity contribution >= 4 is 15.9 Å². The third-order valence-electron chi connectivity index (χ3n) is 1.46. The first-order chi connectivity index (χ1) is 4.85. The molecule has 1 nitrogen and oxygen atoms in total. The first kappa shape index (κ1) is 10.4. The van der Waals surface area contributed by atoms with Crippen LogP contribution in [0.25, 0.3) is 0 Å². The van der Waals surface area contributed by atoms with Gasteiger partial charge in [-0.2, -0.15) is 0 Å². The number of rotatable bonds is 6. The summed E-state index contributed by atoms with van der Waals surface area (Å²) in [5.41, 5.74) is 0. The van der Waals surface area contributed by atoms with Crippen LogP contribution >= 0.6 is 15.9 Å². The zero-order chi connectivity index (χ0) is 7.82. The topological polar surface area (TPSA) is 3.24 Å². The molecule has 0 rings (SSSR count). The van der Waals surface area contributed by atoms with Gasteiger partial charge in [0.25, 0.3) is 0 Å². The Morgan fingerprint density at radius 2 is 2.10 bits per heavy atom. The average Bonchev–Trinajstić information content (AvgIpc) is 1.98. The van der Waals surface area contributed by atoms with E-state index in [1.165, 1.54) is 0 Å². The number of nitrogens with zero attached hydrogens (tertiary/aromatic N) is 1. The van der Waals surface area contributed by atoms with E-state index in [9.17, 15) is 4.39 Å². The SMILES string of the molecule is CCN(CCBr)CCCF. The third-order valence-corrected chi connectivity index (χ3v) is 1.81. The van der Waals surface area contributed by atoms with Crippen molar-refractivity contribution in [3.05, 3.63) is 0 Å². The van der Waals surface area contributed by atoms with E-state index in [0.29, 0.717) is 6.42 Å². The lowest BCUT2D eigenvalue weighted by Crippen LogP contribution is -2.26. The van der Waals surface area contributed by atoms with E-state index < -0.39 is 0 Å². The zero-order valence-corrected chi connectivity index (χ0v) is 8.03. The predicted octanol–water partition coefficient (Wildman–Crippen LogP) is 2.06. The highest BCUT2D eigenvalue weighted by Gasteiger charge is 1.98. The Bertz CT molecular complexity index is 70.6. The van der Waals surface area contributed by atoms with Gasteiger partial charge >= 0.3 is 0 Å². The van der Waals surface area contributed by atoms with Gasteiger partial charge in [0.05, 0.1) is 6.67 Å². The Kier molecular flexibility index (Phi) is 7.75. The molecule has 0 bridgehead atoms. The fourth-order valence-corrected chi connectivity index (χ4v) is 1.33. The molecule has 0 unspecified atom stereocenters. The Morgan fingerprint density at radius 3 is 2.50 bits per heavy atom. The zero-order valence-electron chi connectivity index (χ0n) is 6.45. The van der Waals surface area contributed by atoms with Gasteiger partial charge in [-0.25, -0.2) is 0 Å². The van der Waals surface area contributed by atoms with Crippen LogP contribution in [0, 0.1) is 0 Å². The van der Waals surface area contributed by atoms with Crippen molar-refractivity contribution in [1.29, 1.82) is 0 Å². The summed E-state index contributed by atoms with van der Waals surface area (Å²) in [6.45, 7) is 4.83. The average molecular weight is 212 g/mol. The van der Waals surface area contributed by atoms with Gasteiger partial charge < -0.3 is 4.90 Å². The minimum absolute atomic E-state index is 0.196. The van der Waals surface area contributed by atoms with Crippen LogP contribution in [-0.4, -0.2) is 36.5 Å². The van der Waals surface area contributed by atoms with E-state index in [4.69, 9.17) is 0 Å². The molecule has 10 heavy (non-hydrogen) atoms. The largest absolute Gasteiger partial charge is 0.303 e. The van der Waals surface area contributed by atoms with Gasteiger partial charge in [-0.05, 0) is 13.0 Å². The molecule has 0 heterocycles. The summed E-state index contributed by atoms with van der Waals surface area (Å²) >= 11 is 3.35. The highest BCUT2D eigenvalue weighted by Crippen LogP contribution is 1.93. The standard InChI is InChI=1S/C7H15BrFN/c1-2-10(7-4-8)6-3-5-9/h2-7H2,1H3. The predicted molar refractivity (Wildman–Crippen MR) is 46.5 cm³/mol. The van der Waals surface area contributed by atoms with Gasteiger partial charge in [-0.15, -0.1) is 0 Å². The molecule has 0 spiro atoms. The normalized spacial score (nSPS) is 10.8. The summed E-state index contributed by atoms with van der Waals surface area (Å²) in [6, 6.07) is 0. The Morgan fingerprint density at radius 1 is 1.40 bits per heavy atom. The maximum Gasteiger partial charge on any atom is 0.0906 e. The molecule has 0 aliphatic rings. The molecule has 0 N–H and O–H groups in total. The molecule has 0 amide bonds. The van der Waals surface area contributed by atoms with Crippen molar-refractivity contribution in [2.45, 2.75) is 13.3 Å². The van der Waals surface area contributed by atoms with Crippen LogP contribution in [-0.2, 0) is 0 Å². The highest BCUT2D eigenvalue weighted by molar-refractivity contribution is 9.09. The van der Waals surface area contributed by atoms with Crippen molar-refractivity contribution in [1.82, 2.24) is 4.90 Å². The van der Waals surface area contributed by atoms with Crippen LogP contribution in [0.5, 0.6) is 0 Å². The number of halogens is 2. The van der Waals surface area contributed by atoms with E-state index in [0.717, 1.165) is 25.0 Å². The Labute approximate surface area is 70.7 Å². The number of alkyl halides is 2. The Hall–Kier alpha value is 0.370. The van der Waals surface area contributed by atoms with Gasteiger partial charge in [0, 0.05) is 18.4 Å². The fourth-order valence-electron chi connectivity index (χ4n) is 0.831. The minimum atomic E-state index is -0.196. The second kappa shape index (κ2) is 7.48. The van der Waals surface area contributed by atoms with E-state index in [-0.39, 0.29) is 6.67 Å². The van der Waals surface area contributed by atoms with Gasteiger partial charge in [-0.3, -0.25) is 4.39 Å². The molecule has 0 aromatic rings. The maximum absolute atomic E-state index is 11.7. The molecule has 62 valence electrons. The minimum Gasteiger partial charge on any atom is -0.303 e. The molecule has 0 aliphatic heterocycles. The monoisotopic (exact) mass is 211 g/mol. The first-order valence-corrected chi connectivity index (χ1v) is 4.81. The molecular weight excluding hydrogens is 197 g/mol. The smallest absolute Gasteiger partial charge is 0.0906 e. The second-order valence-electron chi connectivity index (χ2n) is 2.17. The van der Waals surface area contributed by atoms with E-state index in [1.807, 2.05) is 0 Å². The fraction of sp³-hybridized carbons (Fsp3) is 1.00. The summed E-state index contributed by atoms with van der Waals surface area (Å²) in [5.74, 6) is 0. The van der Waals surface area contributed by atoms with Crippen molar-refractivity contribution < 1.29 is 4.39 Å². The van der Waals surface area contributed by atoms with Gasteiger partial charge in [0.15, 0.2) is 0 Å². The van der Waals surface area contributed by atoms with Crippen LogP contribution in [0.4, 0.5) is 4.39 Å². The first-order valence-electron chi connectivity index (χ1n) is 3.69. The van der Waals surface area contributed by atoms with Crippen molar-refractivity contribution in [3.63, 3.8) is 0 Å². The summed E-state index contributed by atoms with van der Waals surface area (Å²) in [6.07, 6.45) is 0.668. The molecule has 0 atom stereocenters. The quantitative estimate of drug-likeness (QED) is 0.609. The van der Waals surface area contributed by atoms with E-state index >= 15 is 0 Å². The molecule has 0 aromatic carbocycles. The second-order valence-corrected chi connectivity index (χ2v) is 2.96. The molecule has 0 aliphatic carbocycles. The van der Waals surface area contributed by atoms with Crippen LogP contribution in [0.15, 0.2) is 0 Å². The maximum atomic E-state index is 11.7. The molecule has 0 saturated heterocycles. The summed E-state index contributed by atoms with van der Waals surface area (Å²) < 4.78 is 11.7. The molecule has 0 saturated carbocycles. The van der Waals surface area contributed by atoms with Crippen molar-refractivity contribution in [3.8, 4) is 0 Å². The molecule has 0 aromatic heterocycles. The highest BCUT2D eigenvalue weighted by atomic mass is 79.9. The van der Waals surface area contributed by atoms with Crippen molar-refractivity contribution in [2.75, 3.05) is 31.6 Å². The van der Waals surface area contributed by atoms with Gasteiger partial charge in [0.1, 0.15) is 0 Å². The van der Waals surface area contributed by atoms with E-state index in [2.05, 4.69) is 27.8 Å². The molecule has 3 heteroatoms. The lowest BCUT2D eigenvalue weighted by Gasteiger charge is -2.17. The molecule has 0 fully saturated rings. The summed E-state index contributed by atoms with van der Waals surface area (Å²) in [7, 11) is 0. The van der Waals surface area contributed by atoms with E-state index in [1.54, 1.807) is 0 Å². The Balaban J connectivity index is 3.21. The molecule has 0 radical (unpaired) electrons. The van der Waals surface area contributed by atoms with Crippen LogP contribution in [0.3, 0.4) is 0 Å². The number of hydrogen-bond donors (Lipinski definition) is 0. The summed E-state index contributed by atoms with van der Waals surface area (Å²) in [5, 5.41) is 0.979. The lowest BCUT2D eigenvalue weighted by molar-refractivity contribution is 0.287. The van der Waals surface area contributed by atoms with Crippen LogP contribution in [0.2, 0.25) is 0 Å². The molecular formula is C7H15BrFN. The van der Waals surface area contributed by atoms with Crippen LogP contribution < -0.4 is 0 Å². The van der Waals surface area contributed by atoms with Crippen molar-refractivity contribution in [2.24, 2.45) is 0 Å². The van der Waals surface area contributed by atoms with Crippen LogP contribution in [0.1, 0.15) is 13.3 Å². The van der Waals surface area contributed by atoms with Gasteiger partial charge in [0.2, 0.25) is 0 Å². The number of hydrogen-bond acceptors (Lipinski definition) is 1. The van der Waals surface area contributed by atoms with Gasteiger partial charge in [-0.1, -0.05) is 22.9 Å². The lowest BCUT2D eigenvalue weighted by atomic mass is 10.4. The third kappa shape index (κ3) is 5.18.